The zero-order valence-corrected chi connectivity index (χ0v) is 12.0. The number of nitrogens with two attached hydrogens (primary N) is 1. The van der Waals surface area contributed by atoms with Crippen LogP contribution in [0.5, 0.6) is 0 Å². The second-order valence-corrected chi connectivity index (χ2v) is 5.68. The number of aliphatic carboxylic acids is 1. The fourth-order valence-electron chi connectivity index (χ4n) is 2.69. The van der Waals surface area contributed by atoms with E-state index in [0.29, 0.717) is 0 Å². The lowest BCUT2D eigenvalue weighted by molar-refractivity contribution is -0.141. The molecule has 5 nitrogen and oxygen atoms in total. The number of nitrogens with zero attached hydrogens (tertiary/aromatic N) is 1. The third-order valence-corrected chi connectivity index (χ3v) is 3.86. The maximum atomic E-state index is 12.6. The fraction of sp³-hybridized carbons (Fsp3) is 0.857. The van der Waals surface area contributed by atoms with Gasteiger partial charge >= 0.3 is 5.97 Å². The molecule has 0 aromatic rings. The number of hydrogen-bond donors (Lipinski definition) is 2. The summed E-state index contributed by atoms with van der Waals surface area (Å²) >= 11 is 0. The molecule has 2 unspecified atom stereocenters. The molecule has 0 heterocycles. The minimum atomic E-state index is -0.872. The number of carboxylic acid groups (broad SMARTS) is 1. The Morgan fingerprint density at radius 1 is 1.26 bits per heavy atom. The molecular weight excluding hydrogens is 244 g/mol. The van der Waals surface area contributed by atoms with E-state index < -0.39 is 5.97 Å². The van der Waals surface area contributed by atoms with Crippen molar-refractivity contribution < 1.29 is 14.7 Å². The van der Waals surface area contributed by atoms with Crippen LogP contribution in [-0.4, -0.2) is 40.5 Å². The quantitative estimate of drug-likeness (QED) is 0.743. The van der Waals surface area contributed by atoms with E-state index in [0.717, 1.165) is 32.1 Å². The van der Waals surface area contributed by atoms with E-state index in [4.69, 9.17) is 10.8 Å². The Hall–Kier alpha value is -1.10. The summed E-state index contributed by atoms with van der Waals surface area (Å²) in [4.78, 5) is 24.9. The molecular formula is C14H26N2O3. The van der Waals surface area contributed by atoms with Crippen LogP contribution in [0.2, 0.25) is 0 Å². The van der Waals surface area contributed by atoms with Crippen LogP contribution in [0.1, 0.15) is 52.4 Å². The van der Waals surface area contributed by atoms with Crippen molar-refractivity contribution >= 4 is 11.9 Å². The highest BCUT2D eigenvalue weighted by atomic mass is 16.4. The molecule has 110 valence electrons. The molecule has 0 bridgehead atoms. The zero-order valence-electron chi connectivity index (χ0n) is 12.0. The molecule has 1 saturated carbocycles. The molecule has 0 aromatic heterocycles. The van der Waals surface area contributed by atoms with Crippen LogP contribution in [0.15, 0.2) is 0 Å². The summed E-state index contributed by atoms with van der Waals surface area (Å²) in [7, 11) is 0. The number of carbonyl (C=O) groups excluding carboxylic acids is 1. The van der Waals surface area contributed by atoms with Crippen LogP contribution in [0.4, 0.5) is 0 Å². The first-order valence-corrected chi connectivity index (χ1v) is 7.21. The smallest absolute Gasteiger partial charge is 0.305 e. The highest BCUT2D eigenvalue weighted by Crippen LogP contribution is 2.24. The third-order valence-electron chi connectivity index (χ3n) is 3.86. The third kappa shape index (κ3) is 4.82. The molecule has 1 amide bonds. The van der Waals surface area contributed by atoms with Crippen molar-refractivity contribution in [2.75, 3.05) is 6.54 Å². The van der Waals surface area contributed by atoms with Gasteiger partial charge in [0.05, 0.1) is 12.3 Å². The number of rotatable bonds is 5. The average molecular weight is 270 g/mol. The first-order valence-electron chi connectivity index (χ1n) is 7.21. The van der Waals surface area contributed by atoms with E-state index in [1.54, 1.807) is 4.90 Å². The summed E-state index contributed by atoms with van der Waals surface area (Å²) in [6.45, 7) is 4.11. The van der Waals surface area contributed by atoms with Gasteiger partial charge in [-0.3, -0.25) is 9.59 Å². The number of carboxylic acids is 1. The maximum Gasteiger partial charge on any atom is 0.305 e. The molecule has 2 atom stereocenters. The second kappa shape index (κ2) is 7.48. The summed E-state index contributed by atoms with van der Waals surface area (Å²) in [6.07, 6.45) is 4.97. The second-order valence-electron chi connectivity index (χ2n) is 5.68. The lowest BCUT2D eigenvalue weighted by atomic mass is 9.93. The predicted octanol–water partition coefficient (Wildman–Crippen LogP) is 1.61. The SMILES string of the molecule is CC(C)N(CCC(=O)O)C(=O)C1CCCCCC1N. The predicted molar refractivity (Wildman–Crippen MR) is 73.7 cm³/mol. The minimum Gasteiger partial charge on any atom is -0.481 e. The van der Waals surface area contributed by atoms with E-state index in [2.05, 4.69) is 0 Å². The maximum absolute atomic E-state index is 12.6. The van der Waals surface area contributed by atoms with Crippen molar-refractivity contribution in [3.8, 4) is 0 Å². The summed E-state index contributed by atoms with van der Waals surface area (Å²) in [5.74, 6) is -0.979. The van der Waals surface area contributed by atoms with E-state index in [1.807, 2.05) is 13.8 Å². The van der Waals surface area contributed by atoms with Gasteiger partial charge in [-0.1, -0.05) is 19.3 Å². The normalized spacial score (nSPS) is 24.0. The molecule has 0 aromatic carbocycles. The summed E-state index contributed by atoms with van der Waals surface area (Å²) < 4.78 is 0. The summed E-state index contributed by atoms with van der Waals surface area (Å²) in [5.41, 5.74) is 6.11. The van der Waals surface area contributed by atoms with Gasteiger partial charge in [0.15, 0.2) is 0 Å². The Morgan fingerprint density at radius 3 is 2.47 bits per heavy atom. The first-order chi connectivity index (χ1) is 8.93. The summed E-state index contributed by atoms with van der Waals surface area (Å²) in [5, 5.41) is 8.77. The molecule has 5 heteroatoms. The minimum absolute atomic E-state index is 0.00806. The van der Waals surface area contributed by atoms with Crippen LogP contribution < -0.4 is 5.73 Å². The summed E-state index contributed by atoms with van der Waals surface area (Å²) in [6, 6.07) is -0.0663. The number of hydrogen-bond acceptors (Lipinski definition) is 3. The molecule has 0 radical (unpaired) electrons. The lowest BCUT2D eigenvalue weighted by Crippen LogP contribution is -2.47. The molecule has 0 saturated heterocycles. The van der Waals surface area contributed by atoms with Gasteiger partial charge in [0.25, 0.3) is 0 Å². The van der Waals surface area contributed by atoms with Crippen LogP contribution >= 0.6 is 0 Å². The monoisotopic (exact) mass is 270 g/mol. The highest BCUT2D eigenvalue weighted by molar-refractivity contribution is 5.80. The van der Waals surface area contributed by atoms with Crippen molar-refractivity contribution in [2.24, 2.45) is 11.7 Å². The highest BCUT2D eigenvalue weighted by Gasteiger charge is 2.31. The van der Waals surface area contributed by atoms with Gasteiger partial charge in [0, 0.05) is 18.6 Å². The Balaban J connectivity index is 2.70. The molecule has 1 fully saturated rings. The van der Waals surface area contributed by atoms with Crippen molar-refractivity contribution in [1.29, 1.82) is 0 Å². The lowest BCUT2D eigenvalue weighted by Gasteiger charge is -2.32. The van der Waals surface area contributed by atoms with E-state index in [9.17, 15) is 9.59 Å². The van der Waals surface area contributed by atoms with Crippen molar-refractivity contribution in [1.82, 2.24) is 4.90 Å². The van der Waals surface area contributed by atoms with Crippen LogP contribution in [-0.2, 0) is 9.59 Å². The van der Waals surface area contributed by atoms with E-state index >= 15 is 0 Å². The van der Waals surface area contributed by atoms with Crippen molar-refractivity contribution in [2.45, 2.75) is 64.5 Å². The molecule has 1 aliphatic carbocycles. The van der Waals surface area contributed by atoms with Crippen LogP contribution in [0.3, 0.4) is 0 Å². The first kappa shape index (κ1) is 16.0. The molecule has 3 N–H and O–H groups in total. The largest absolute Gasteiger partial charge is 0.481 e. The van der Waals surface area contributed by atoms with E-state index in [1.165, 1.54) is 0 Å². The molecule has 1 aliphatic rings. The van der Waals surface area contributed by atoms with Crippen molar-refractivity contribution in [3.05, 3.63) is 0 Å². The Morgan fingerprint density at radius 2 is 1.89 bits per heavy atom. The van der Waals surface area contributed by atoms with Gasteiger partial charge in [-0.25, -0.2) is 0 Å². The van der Waals surface area contributed by atoms with Gasteiger partial charge in [-0.2, -0.15) is 0 Å². The van der Waals surface area contributed by atoms with Crippen LogP contribution in [0.25, 0.3) is 0 Å². The van der Waals surface area contributed by atoms with Gasteiger partial charge in [-0.15, -0.1) is 0 Å². The van der Waals surface area contributed by atoms with Gasteiger partial charge in [0.2, 0.25) is 5.91 Å². The van der Waals surface area contributed by atoms with Gasteiger partial charge in [-0.05, 0) is 26.7 Å². The molecule has 1 rings (SSSR count). The topological polar surface area (TPSA) is 83.6 Å². The fourth-order valence-corrected chi connectivity index (χ4v) is 2.69. The number of carbonyl (C=O) groups is 2. The standard InChI is InChI=1S/C14H26N2O3/c1-10(2)16(9-8-13(17)18)14(19)11-6-4-3-5-7-12(11)15/h10-12H,3-9,15H2,1-2H3,(H,17,18). The Kier molecular flexibility index (Phi) is 6.28. The molecule has 19 heavy (non-hydrogen) atoms. The molecule has 0 aliphatic heterocycles. The van der Waals surface area contributed by atoms with Crippen molar-refractivity contribution in [3.63, 3.8) is 0 Å². The molecule has 0 spiro atoms. The van der Waals surface area contributed by atoms with E-state index in [-0.39, 0.29) is 36.9 Å². The Bertz CT molecular complexity index is 318. The average Bonchev–Trinajstić information content (AvgIpc) is 2.53. The van der Waals surface area contributed by atoms with Gasteiger partial charge < -0.3 is 15.7 Å². The van der Waals surface area contributed by atoms with Crippen LogP contribution in [0, 0.1) is 5.92 Å². The Labute approximate surface area is 115 Å². The van der Waals surface area contributed by atoms with Gasteiger partial charge in [0.1, 0.15) is 0 Å². The number of amides is 1. The zero-order chi connectivity index (χ0) is 14.4.